The maximum atomic E-state index is 10.8. The second kappa shape index (κ2) is 3.75. The number of carbonyl (C=O) groups excluding carboxylic acids is 1. The molecule has 0 fully saturated rings. The summed E-state index contributed by atoms with van der Waals surface area (Å²) in [6.45, 7) is 0. The van der Waals surface area contributed by atoms with Crippen molar-refractivity contribution in [1.29, 1.82) is 0 Å². The summed E-state index contributed by atoms with van der Waals surface area (Å²) < 4.78 is 5.62. The highest BCUT2D eigenvalue weighted by molar-refractivity contribution is 6.31. The largest absolute Gasteiger partial charge is 0.454 e. The van der Waals surface area contributed by atoms with Crippen LogP contribution < -0.4 is 0 Å². The Kier molecular flexibility index (Phi) is 2.23. The number of hydrogen-bond acceptors (Lipinski definition) is 3. The summed E-state index contributed by atoms with van der Waals surface area (Å²) in [4.78, 5) is 10.8. The summed E-state index contributed by atoms with van der Waals surface area (Å²) >= 11 is 5.89. The van der Waals surface area contributed by atoms with E-state index in [1.165, 1.54) is 6.20 Å². The van der Waals surface area contributed by atoms with Gasteiger partial charge in [0.2, 0.25) is 0 Å². The van der Waals surface area contributed by atoms with Crippen LogP contribution in [0.25, 0.3) is 22.4 Å². The van der Waals surface area contributed by atoms with Gasteiger partial charge in [-0.25, -0.2) is 0 Å². The highest BCUT2D eigenvalue weighted by atomic mass is 35.5. The minimum Gasteiger partial charge on any atom is -0.454 e. The maximum Gasteiger partial charge on any atom is 0.153 e. The summed E-state index contributed by atoms with van der Waals surface area (Å²) in [7, 11) is 0. The number of aldehydes is 1. The number of H-pyrrole nitrogens is 1. The molecular formula is C12H7ClN2O2. The van der Waals surface area contributed by atoms with Gasteiger partial charge in [-0.15, -0.1) is 0 Å². The SMILES string of the molecule is O=Cc1cn[nH]c1-c1cc2cc(Cl)ccc2o1. The predicted octanol–water partition coefficient (Wildman–Crippen LogP) is 3.29. The standard InChI is InChI=1S/C12H7ClN2O2/c13-9-1-2-10-7(3-9)4-11(17-10)12-8(6-16)5-14-15-12/h1-6H,(H,14,15). The molecule has 0 bridgehead atoms. The number of hydrogen-bond donors (Lipinski definition) is 1. The van der Waals surface area contributed by atoms with E-state index in [2.05, 4.69) is 10.2 Å². The topological polar surface area (TPSA) is 58.9 Å². The first-order chi connectivity index (χ1) is 8.28. The van der Waals surface area contributed by atoms with Gasteiger partial charge in [-0.05, 0) is 24.3 Å². The highest BCUT2D eigenvalue weighted by Crippen LogP contribution is 2.29. The lowest BCUT2D eigenvalue weighted by Gasteiger charge is -1.91. The average molecular weight is 247 g/mol. The van der Waals surface area contributed by atoms with Crippen LogP contribution in [0.3, 0.4) is 0 Å². The first-order valence-corrected chi connectivity index (χ1v) is 5.34. The average Bonchev–Trinajstić information content (AvgIpc) is 2.93. The third-order valence-electron chi connectivity index (χ3n) is 2.52. The molecule has 0 aliphatic carbocycles. The normalized spacial score (nSPS) is 10.9. The van der Waals surface area contributed by atoms with Gasteiger partial charge in [-0.1, -0.05) is 11.6 Å². The molecule has 2 heterocycles. The molecule has 1 aromatic carbocycles. The van der Waals surface area contributed by atoms with E-state index >= 15 is 0 Å². The Morgan fingerprint density at radius 1 is 1.35 bits per heavy atom. The van der Waals surface area contributed by atoms with E-state index in [1.54, 1.807) is 18.2 Å². The van der Waals surface area contributed by atoms with Gasteiger partial charge in [0, 0.05) is 10.4 Å². The molecule has 0 spiro atoms. The van der Waals surface area contributed by atoms with Crippen LogP contribution in [0.1, 0.15) is 10.4 Å². The third kappa shape index (κ3) is 1.62. The van der Waals surface area contributed by atoms with E-state index in [0.717, 1.165) is 17.3 Å². The summed E-state index contributed by atoms with van der Waals surface area (Å²) in [5, 5.41) is 8.09. The Hall–Kier alpha value is -2.07. The second-order valence-corrected chi connectivity index (χ2v) is 4.05. The molecule has 0 saturated carbocycles. The van der Waals surface area contributed by atoms with Crippen molar-refractivity contribution < 1.29 is 9.21 Å². The van der Waals surface area contributed by atoms with Crippen molar-refractivity contribution in [1.82, 2.24) is 10.2 Å². The molecule has 4 nitrogen and oxygen atoms in total. The quantitative estimate of drug-likeness (QED) is 0.706. The molecule has 0 atom stereocenters. The summed E-state index contributed by atoms with van der Waals surface area (Å²) in [6.07, 6.45) is 2.20. The number of nitrogens with one attached hydrogen (secondary N) is 1. The van der Waals surface area contributed by atoms with Crippen molar-refractivity contribution in [2.45, 2.75) is 0 Å². The number of aromatic amines is 1. The van der Waals surface area contributed by atoms with Crippen LogP contribution >= 0.6 is 11.6 Å². The van der Waals surface area contributed by atoms with Crippen LogP contribution in [0.15, 0.2) is 34.9 Å². The van der Waals surface area contributed by atoms with Gasteiger partial charge in [0.05, 0.1) is 11.8 Å². The molecule has 2 aromatic heterocycles. The van der Waals surface area contributed by atoms with E-state index in [1.807, 2.05) is 6.07 Å². The summed E-state index contributed by atoms with van der Waals surface area (Å²) in [6, 6.07) is 7.17. The zero-order chi connectivity index (χ0) is 11.8. The second-order valence-electron chi connectivity index (χ2n) is 3.61. The van der Waals surface area contributed by atoms with Gasteiger partial charge in [0.25, 0.3) is 0 Å². The van der Waals surface area contributed by atoms with E-state index in [0.29, 0.717) is 22.0 Å². The molecule has 17 heavy (non-hydrogen) atoms. The number of furan rings is 1. The van der Waals surface area contributed by atoms with Crippen molar-refractivity contribution in [3.63, 3.8) is 0 Å². The number of nitrogens with zero attached hydrogens (tertiary/aromatic N) is 1. The number of fused-ring (bicyclic) bond motifs is 1. The molecule has 84 valence electrons. The number of carbonyl (C=O) groups is 1. The highest BCUT2D eigenvalue weighted by Gasteiger charge is 2.12. The van der Waals surface area contributed by atoms with Crippen LogP contribution in [0.2, 0.25) is 5.02 Å². The first-order valence-electron chi connectivity index (χ1n) is 4.96. The predicted molar refractivity (Wildman–Crippen MR) is 64.2 cm³/mol. The zero-order valence-electron chi connectivity index (χ0n) is 8.61. The van der Waals surface area contributed by atoms with Crippen LogP contribution in [0.5, 0.6) is 0 Å². The Morgan fingerprint density at radius 2 is 2.24 bits per heavy atom. The van der Waals surface area contributed by atoms with Gasteiger partial charge in [-0.2, -0.15) is 5.10 Å². The number of benzene rings is 1. The Labute approximate surface area is 101 Å². The van der Waals surface area contributed by atoms with Gasteiger partial charge in [-0.3, -0.25) is 9.89 Å². The van der Waals surface area contributed by atoms with Gasteiger partial charge < -0.3 is 4.42 Å². The fourth-order valence-electron chi connectivity index (χ4n) is 1.72. The molecule has 5 heteroatoms. The fraction of sp³-hybridized carbons (Fsp3) is 0. The zero-order valence-corrected chi connectivity index (χ0v) is 9.36. The fourth-order valence-corrected chi connectivity index (χ4v) is 1.90. The van der Waals surface area contributed by atoms with Crippen molar-refractivity contribution in [3.8, 4) is 11.5 Å². The molecule has 0 aliphatic rings. The van der Waals surface area contributed by atoms with Gasteiger partial charge in [0.15, 0.2) is 12.0 Å². The Morgan fingerprint density at radius 3 is 3.06 bits per heavy atom. The number of halogens is 1. The minimum atomic E-state index is 0.468. The van der Waals surface area contributed by atoms with Crippen molar-refractivity contribution in [2.75, 3.05) is 0 Å². The molecule has 3 aromatic rings. The van der Waals surface area contributed by atoms with Crippen molar-refractivity contribution in [2.24, 2.45) is 0 Å². The van der Waals surface area contributed by atoms with E-state index in [4.69, 9.17) is 16.0 Å². The molecular weight excluding hydrogens is 240 g/mol. The molecule has 0 radical (unpaired) electrons. The van der Waals surface area contributed by atoms with Crippen LogP contribution in [0, 0.1) is 0 Å². The summed E-state index contributed by atoms with van der Waals surface area (Å²) in [5.74, 6) is 0.571. The van der Waals surface area contributed by atoms with E-state index in [9.17, 15) is 4.79 Å². The lowest BCUT2D eigenvalue weighted by molar-refractivity contribution is 0.112. The number of rotatable bonds is 2. The monoisotopic (exact) mass is 246 g/mol. The molecule has 0 amide bonds. The van der Waals surface area contributed by atoms with Crippen LogP contribution in [0.4, 0.5) is 0 Å². The lowest BCUT2D eigenvalue weighted by Crippen LogP contribution is -1.80. The van der Waals surface area contributed by atoms with E-state index in [-0.39, 0.29) is 0 Å². The lowest BCUT2D eigenvalue weighted by atomic mass is 10.2. The summed E-state index contributed by atoms with van der Waals surface area (Å²) in [5.41, 5.74) is 1.76. The number of aromatic nitrogens is 2. The van der Waals surface area contributed by atoms with Crippen molar-refractivity contribution in [3.05, 3.63) is 41.0 Å². The molecule has 0 aliphatic heterocycles. The molecule has 1 N–H and O–H groups in total. The molecule has 0 unspecified atom stereocenters. The Balaban J connectivity index is 2.21. The van der Waals surface area contributed by atoms with E-state index < -0.39 is 0 Å². The molecule has 3 rings (SSSR count). The van der Waals surface area contributed by atoms with Crippen molar-refractivity contribution >= 4 is 28.9 Å². The van der Waals surface area contributed by atoms with Crippen LogP contribution in [-0.2, 0) is 0 Å². The minimum absolute atomic E-state index is 0.468. The smallest absolute Gasteiger partial charge is 0.153 e. The third-order valence-corrected chi connectivity index (χ3v) is 2.76. The van der Waals surface area contributed by atoms with Gasteiger partial charge in [0.1, 0.15) is 11.3 Å². The van der Waals surface area contributed by atoms with Gasteiger partial charge >= 0.3 is 0 Å². The first kappa shape index (κ1) is 10.1. The Bertz CT molecular complexity index is 699. The maximum absolute atomic E-state index is 10.8. The van der Waals surface area contributed by atoms with Crippen LogP contribution in [-0.4, -0.2) is 16.5 Å². The molecule has 0 saturated heterocycles.